The highest BCUT2D eigenvalue weighted by Gasteiger charge is 2.18. The maximum absolute atomic E-state index is 11.8. The molecule has 114 valence electrons. The number of aliphatic hydroxyl groups is 1. The molecule has 4 heteroatoms. The Kier molecular flexibility index (Phi) is 9.88. The molecular formula is C15H32N2O2. The number of carbonyl (C=O) groups is 1. The molecule has 0 heterocycles. The molecule has 0 saturated heterocycles. The second kappa shape index (κ2) is 10.2. The first-order chi connectivity index (χ1) is 8.95. The van der Waals surface area contributed by atoms with Crippen LogP contribution in [0.1, 0.15) is 59.3 Å². The molecule has 1 amide bonds. The normalized spacial score (nSPS) is 13.3. The van der Waals surface area contributed by atoms with Crippen LogP contribution in [-0.4, -0.2) is 30.7 Å². The highest BCUT2D eigenvalue weighted by Crippen LogP contribution is 2.19. The third-order valence-electron chi connectivity index (χ3n) is 3.60. The van der Waals surface area contributed by atoms with Gasteiger partial charge >= 0.3 is 0 Å². The van der Waals surface area contributed by atoms with E-state index in [0.717, 1.165) is 25.7 Å². The molecule has 0 aliphatic rings. The second-order valence-electron chi connectivity index (χ2n) is 6.19. The van der Waals surface area contributed by atoms with Crippen molar-refractivity contribution in [1.82, 2.24) is 5.32 Å². The molecule has 0 radical (unpaired) electrons. The maximum atomic E-state index is 11.8. The van der Waals surface area contributed by atoms with Crippen LogP contribution in [0.4, 0.5) is 0 Å². The molecular weight excluding hydrogens is 240 g/mol. The van der Waals surface area contributed by atoms with E-state index in [1.807, 2.05) is 0 Å². The standard InChI is InChI=1S/C15H32N2O2/c1-4-5-13(8-10-16)6-7-14(19)17-12-15(2,3)9-11-18/h13,18H,4-12,16H2,1-3H3,(H,17,19). The van der Waals surface area contributed by atoms with Gasteiger partial charge in [0.1, 0.15) is 0 Å². The molecule has 0 aromatic heterocycles. The molecule has 0 aromatic carbocycles. The zero-order chi connectivity index (χ0) is 14.7. The van der Waals surface area contributed by atoms with Gasteiger partial charge in [0, 0.05) is 19.6 Å². The predicted octanol–water partition coefficient (Wildman–Crippen LogP) is 2.06. The van der Waals surface area contributed by atoms with Crippen molar-refractivity contribution in [3.63, 3.8) is 0 Å². The molecule has 4 N–H and O–H groups in total. The summed E-state index contributed by atoms with van der Waals surface area (Å²) in [6, 6.07) is 0. The van der Waals surface area contributed by atoms with Gasteiger partial charge in [0.2, 0.25) is 5.91 Å². The smallest absolute Gasteiger partial charge is 0.220 e. The van der Waals surface area contributed by atoms with Gasteiger partial charge in [0.05, 0.1) is 0 Å². The molecule has 0 saturated carbocycles. The molecule has 0 aliphatic heterocycles. The predicted molar refractivity (Wildman–Crippen MR) is 79.8 cm³/mol. The number of amides is 1. The van der Waals surface area contributed by atoms with Crippen LogP contribution in [0.15, 0.2) is 0 Å². The van der Waals surface area contributed by atoms with E-state index in [9.17, 15) is 4.79 Å². The maximum Gasteiger partial charge on any atom is 0.220 e. The fourth-order valence-corrected chi connectivity index (χ4v) is 2.23. The van der Waals surface area contributed by atoms with Gasteiger partial charge in [-0.3, -0.25) is 4.79 Å². The van der Waals surface area contributed by atoms with Crippen LogP contribution < -0.4 is 11.1 Å². The van der Waals surface area contributed by atoms with Gasteiger partial charge < -0.3 is 16.2 Å². The molecule has 0 bridgehead atoms. The summed E-state index contributed by atoms with van der Waals surface area (Å²) in [6.45, 7) is 7.77. The first-order valence-electron chi connectivity index (χ1n) is 7.52. The van der Waals surface area contributed by atoms with Crippen LogP contribution in [0.2, 0.25) is 0 Å². The number of hydrogen-bond acceptors (Lipinski definition) is 3. The summed E-state index contributed by atoms with van der Waals surface area (Å²) in [5.74, 6) is 0.690. The van der Waals surface area contributed by atoms with Crippen molar-refractivity contribution in [3.8, 4) is 0 Å². The first-order valence-corrected chi connectivity index (χ1v) is 7.52. The monoisotopic (exact) mass is 272 g/mol. The number of hydrogen-bond donors (Lipinski definition) is 3. The van der Waals surface area contributed by atoms with Gasteiger partial charge in [0.25, 0.3) is 0 Å². The highest BCUT2D eigenvalue weighted by atomic mass is 16.3. The third kappa shape index (κ3) is 9.91. The van der Waals surface area contributed by atoms with Crippen molar-refractivity contribution in [2.45, 2.75) is 59.3 Å². The number of nitrogens with one attached hydrogen (secondary N) is 1. The van der Waals surface area contributed by atoms with Crippen LogP contribution in [-0.2, 0) is 4.79 Å². The summed E-state index contributed by atoms with van der Waals surface area (Å²) in [4.78, 5) is 11.8. The molecule has 4 nitrogen and oxygen atoms in total. The Morgan fingerprint density at radius 1 is 1.32 bits per heavy atom. The number of rotatable bonds is 11. The summed E-state index contributed by atoms with van der Waals surface area (Å²) in [7, 11) is 0. The van der Waals surface area contributed by atoms with E-state index in [1.165, 1.54) is 0 Å². The van der Waals surface area contributed by atoms with Gasteiger partial charge in [-0.25, -0.2) is 0 Å². The minimum Gasteiger partial charge on any atom is -0.396 e. The zero-order valence-corrected chi connectivity index (χ0v) is 12.9. The quantitative estimate of drug-likeness (QED) is 0.539. The van der Waals surface area contributed by atoms with E-state index in [2.05, 4.69) is 26.1 Å². The molecule has 19 heavy (non-hydrogen) atoms. The first kappa shape index (κ1) is 18.4. The Labute approximate surface area is 118 Å². The lowest BCUT2D eigenvalue weighted by Gasteiger charge is -2.24. The lowest BCUT2D eigenvalue weighted by atomic mass is 9.89. The fraction of sp³-hybridized carbons (Fsp3) is 0.933. The molecule has 0 aliphatic carbocycles. The van der Waals surface area contributed by atoms with Crippen LogP contribution in [0.3, 0.4) is 0 Å². The Morgan fingerprint density at radius 3 is 2.53 bits per heavy atom. The Morgan fingerprint density at radius 2 is 2.00 bits per heavy atom. The minimum absolute atomic E-state index is 0.0372. The molecule has 1 atom stereocenters. The van der Waals surface area contributed by atoms with Crippen molar-refractivity contribution in [2.75, 3.05) is 19.7 Å². The highest BCUT2D eigenvalue weighted by molar-refractivity contribution is 5.75. The van der Waals surface area contributed by atoms with Crippen molar-refractivity contribution in [3.05, 3.63) is 0 Å². The molecule has 0 rings (SSSR count). The summed E-state index contributed by atoms with van der Waals surface area (Å²) in [6.07, 6.45) is 5.53. The third-order valence-corrected chi connectivity index (χ3v) is 3.60. The summed E-state index contributed by atoms with van der Waals surface area (Å²) < 4.78 is 0. The van der Waals surface area contributed by atoms with Gasteiger partial charge in [-0.1, -0.05) is 33.6 Å². The van der Waals surface area contributed by atoms with Gasteiger partial charge in [0.15, 0.2) is 0 Å². The average Bonchev–Trinajstić information content (AvgIpc) is 2.34. The van der Waals surface area contributed by atoms with E-state index < -0.39 is 0 Å². The zero-order valence-electron chi connectivity index (χ0n) is 12.9. The van der Waals surface area contributed by atoms with Crippen LogP contribution in [0.25, 0.3) is 0 Å². The van der Waals surface area contributed by atoms with E-state index >= 15 is 0 Å². The van der Waals surface area contributed by atoms with E-state index in [-0.39, 0.29) is 17.9 Å². The summed E-state index contributed by atoms with van der Waals surface area (Å²) in [5.41, 5.74) is 5.55. The van der Waals surface area contributed by atoms with Crippen molar-refractivity contribution >= 4 is 5.91 Å². The van der Waals surface area contributed by atoms with E-state index in [0.29, 0.717) is 31.8 Å². The van der Waals surface area contributed by atoms with Crippen LogP contribution >= 0.6 is 0 Å². The molecule has 0 fully saturated rings. The Hall–Kier alpha value is -0.610. The second-order valence-corrected chi connectivity index (χ2v) is 6.19. The van der Waals surface area contributed by atoms with Gasteiger partial charge in [-0.15, -0.1) is 0 Å². The minimum atomic E-state index is -0.0372. The fourth-order valence-electron chi connectivity index (χ4n) is 2.23. The van der Waals surface area contributed by atoms with E-state index in [4.69, 9.17) is 10.8 Å². The van der Waals surface area contributed by atoms with Crippen LogP contribution in [0, 0.1) is 11.3 Å². The van der Waals surface area contributed by atoms with Gasteiger partial charge in [-0.2, -0.15) is 0 Å². The molecule has 0 aromatic rings. The van der Waals surface area contributed by atoms with Crippen molar-refractivity contribution in [2.24, 2.45) is 17.1 Å². The lowest BCUT2D eigenvalue weighted by Crippen LogP contribution is -2.34. The van der Waals surface area contributed by atoms with Crippen molar-refractivity contribution < 1.29 is 9.90 Å². The van der Waals surface area contributed by atoms with E-state index in [1.54, 1.807) is 0 Å². The van der Waals surface area contributed by atoms with Gasteiger partial charge in [-0.05, 0) is 37.1 Å². The Bertz CT molecular complexity index is 236. The van der Waals surface area contributed by atoms with Crippen LogP contribution in [0.5, 0.6) is 0 Å². The Balaban J connectivity index is 3.90. The molecule has 0 spiro atoms. The average molecular weight is 272 g/mol. The molecule has 1 unspecified atom stereocenters. The summed E-state index contributed by atoms with van der Waals surface area (Å²) >= 11 is 0. The number of carbonyl (C=O) groups excluding carboxylic acids is 1. The lowest BCUT2D eigenvalue weighted by molar-refractivity contribution is -0.121. The SMILES string of the molecule is CCCC(CCN)CCC(=O)NCC(C)(C)CCO. The topological polar surface area (TPSA) is 75.4 Å². The number of nitrogens with two attached hydrogens (primary N) is 1. The summed E-state index contributed by atoms with van der Waals surface area (Å²) in [5, 5.41) is 11.9. The number of aliphatic hydroxyl groups excluding tert-OH is 1. The largest absolute Gasteiger partial charge is 0.396 e. The van der Waals surface area contributed by atoms with Crippen molar-refractivity contribution in [1.29, 1.82) is 0 Å².